The number of nitrogens with zero attached hydrogens (tertiary/aromatic N) is 1. The van der Waals surface area contributed by atoms with E-state index in [-0.39, 0.29) is 5.91 Å². The Morgan fingerprint density at radius 2 is 2.14 bits per heavy atom. The summed E-state index contributed by atoms with van der Waals surface area (Å²) in [7, 11) is 1.51. The van der Waals surface area contributed by atoms with E-state index in [0.717, 1.165) is 5.69 Å². The predicted molar refractivity (Wildman–Crippen MR) is 104 cm³/mol. The van der Waals surface area contributed by atoms with E-state index in [4.69, 9.17) is 13.9 Å². The first-order valence-corrected chi connectivity index (χ1v) is 9.19. The fourth-order valence-corrected chi connectivity index (χ4v) is 3.16. The minimum Gasteiger partial charge on any atom is -0.493 e. The number of methoxy groups -OCH3 is 1. The molecule has 0 saturated carbocycles. The number of fused-ring (bicyclic) bond motifs is 1. The van der Waals surface area contributed by atoms with Crippen LogP contribution in [0.25, 0.3) is 11.1 Å². The molecule has 2 N–H and O–H groups in total. The van der Waals surface area contributed by atoms with Gasteiger partial charge >= 0.3 is 5.76 Å². The predicted octanol–water partition coefficient (Wildman–Crippen LogP) is 3.42. The van der Waals surface area contributed by atoms with Crippen LogP contribution in [0.3, 0.4) is 0 Å². The van der Waals surface area contributed by atoms with Gasteiger partial charge in [0.2, 0.25) is 0 Å². The summed E-state index contributed by atoms with van der Waals surface area (Å²) in [6.45, 7) is 0.314. The smallest absolute Gasteiger partial charge is 0.417 e. The maximum absolute atomic E-state index is 12.6. The van der Waals surface area contributed by atoms with Crippen molar-refractivity contribution < 1.29 is 18.7 Å². The first-order chi connectivity index (χ1) is 13.6. The minimum absolute atomic E-state index is 0.314. The van der Waals surface area contributed by atoms with Crippen molar-refractivity contribution in [1.82, 2.24) is 9.97 Å². The van der Waals surface area contributed by atoms with Gasteiger partial charge in [-0.2, -0.15) is 0 Å². The molecule has 28 heavy (non-hydrogen) atoms. The van der Waals surface area contributed by atoms with E-state index in [1.165, 1.54) is 18.4 Å². The number of aromatic nitrogens is 2. The molecule has 2 heterocycles. The number of aromatic amines is 1. The van der Waals surface area contributed by atoms with Crippen LogP contribution < -0.4 is 20.5 Å². The normalized spacial score (nSPS) is 10.8. The Morgan fingerprint density at radius 1 is 1.25 bits per heavy atom. The van der Waals surface area contributed by atoms with Crippen LogP contribution in [-0.4, -0.2) is 23.0 Å². The van der Waals surface area contributed by atoms with Crippen molar-refractivity contribution in [3.05, 3.63) is 69.1 Å². The number of rotatable bonds is 6. The molecule has 2 aromatic heterocycles. The Bertz CT molecular complexity index is 1180. The lowest BCUT2D eigenvalue weighted by Crippen LogP contribution is -2.12. The van der Waals surface area contributed by atoms with E-state index in [0.29, 0.717) is 40.5 Å². The van der Waals surface area contributed by atoms with Gasteiger partial charge in [-0.3, -0.25) is 9.78 Å². The van der Waals surface area contributed by atoms with Gasteiger partial charge < -0.3 is 19.2 Å². The van der Waals surface area contributed by atoms with Crippen LogP contribution >= 0.6 is 11.3 Å². The number of amides is 1. The number of hydrogen-bond donors (Lipinski definition) is 2. The fourth-order valence-electron chi connectivity index (χ4n) is 2.62. The minimum atomic E-state index is -0.545. The van der Waals surface area contributed by atoms with Crippen LogP contribution in [-0.2, 0) is 6.61 Å². The molecule has 2 aromatic carbocycles. The molecule has 0 saturated heterocycles. The zero-order valence-corrected chi connectivity index (χ0v) is 15.5. The zero-order chi connectivity index (χ0) is 19.5. The number of nitrogens with one attached hydrogen (secondary N) is 2. The summed E-state index contributed by atoms with van der Waals surface area (Å²) in [5.74, 6) is 0.0907. The van der Waals surface area contributed by atoms with Gasteiger partial charge in [-0.05, 0) is 36.4 Å². The molecule has 0 aliphatic rings. The standard InChI is InChI=1S/C19H15N3O5S/c1-25-17-6-11(2-4-16(17)26-8-13-9-28-10-20-13)18(23)21-12-3-5-15-14(7-12)22-19(24)27-15/h2-7,9-10H,8H2,1H3,(H,21,23)(H,22,24). The van der Waals surface area contributed by atoms with Crippen molar-refractivity contribution in [2.45, 2.75) is 6.61 Å². The van der Waals surface area contributed by atoms with Crippen molar-refractivity contribution in [1.29, 1.82) is 0 Å². The zero-order valence-electron chi connectivity index (χ0n) is 14.7. The topological polar surface area (TPSA) is 106 Å². The number of ether oxygens (including phenoxy) is 2. The van der Waals surface area contributed by atoms with Crippen LogP contribution in [0.2, 0.25) is 0 Å². The number of carbonyl (C=O) groups excluding carboxylic acids is 1. The molecule has 4 aromatic rings. The van der Waals surface area contributed by atoms with Gasteiger partial charge in [0.05, 0.1) is 23.8 Å². The number of thiazole rings is 1. The summed E-state index contributed by atoms with van der Waals surface area (Å²) in [6, 6.07) is 9.81. The number of H-pyrrole nitrogens is 1. The molecule has 0 bridgehead atoms. The summed E-state index contributed by atoms with van der Waals surface area (Å²) >= 11 is 1.49. The number of carbonyl (C=O) groups is 1. The van der Waals surface area contributed by atoms with E-state index in [2.05, 4.69) is 15.3 Å². The molecule has 142 valence electrons. The van der Waals surface area contributed by atoms with E-state index in [1.807, 2.05) is 5.38 Å². The summed E-state index contributed by atoms with van der Waals surface area (Å²) < 4.78 is 16.0. The van der Waals surface area contributed by atoms with E-state index < -0.39 is 5.76 Å². The van der Waals surface area contributed by atoms with Crippen LogP contribution in [0.4, 0.5) is 5.69 Å². The fraction of sp³-hybridized carbons (Fsp3) is 0.105. The van der Waals surface area contributed by atoms with Gasteiger partial charge in [-0.1, -0.05) is 0 Å². The lowest BCUT2D eigenvalue weighted by Gasteiger charge is -2.12. The van der Waals surface area contributed by atoms with Crippen molar-refractivity contribution in [2.75, 3.05) is 12.4 Å². The number of anilines is 1. The van der Waals surface area contributed by atoms with Gasteiger partial charge in [0.15, 0.2) is 17.1 Å². The van der Waals surface area contributed by atoms with E-state index in [1.54, 1.807) is 41.9 Å². The summed E-state index contributed by atoms with van der Waals surface area (Å²) in [5.41, 5.74) is 4.41. The van der Waals surface area contributed by atoms with Gasteiger partial charge in [0.25, 0.3) is 5.91 Å². The van der Waals surface area contributed by atoms with Gasteiger partial charge in [0, 0.05) is 16.6 Å². The Hall–Kier alpha value is -3.59. The Balaban J connectivity index is 1.50. The monoisotopic (exact) mass is 397 g/mol. The molecule has 0 spiro atoms. The molecule has 0 aliphatic carbocycles. The SMILES string of the molecule is COc1cc(C(=O)Nc2ccc3oc(=O)[nH]c3c2)ccc1OCc1cscn1. The van der Waals surface area contributed by atoms with E-state index in [9.17, 15) is 9.59 Å². The first-order valence-electron chi connectivity index (χ1n) is 8.24. The highest BCUT2D eigenvalue weighted by atomic mass is 32.1. The summed E-state index contributed by atoms with van der Waals surface area (Å²) in [4.78, 5) is 30.5. The van der Waals surface area contributed by atoms with Crippen molar-refractivity contribution >= 4 is 34.0 Å². The van der Waals surface area contributed by atoms with Crippen LogP contribution in [0.1, 0.15) is 16.1 Å². The highest BCUT2D eigenvalue weighted by molar-refractivity contribution is 7.07. The van der Waals surface area contributed by atoms with Gasteiger partial charge in [-0.25, -0.2) is 9.78 Å². The van der Waals surface area contributed by atoms with Gasteiger partial charge in [0.1, 0.15) is 6.61 Å². The molecule has 0 fully saturated rings. The second kappa shape index (κ2) is 7.57. The molecule has 1 amide bonds. The molecule has 4 rings (SSSR count). The van der Waals surface area contributed by atoms with Crippen molar-refractivity contribution in [3.8, 4) is 11.5 Å². The molecule has 0 aliphatic heterocycles. The highest BCUT2D eigenvalue weighted by Gasteiger charge is 2.13. The number of oxazole rings is 1. The Morgan fingerprint density at radius 3 is 2.93 bits per heavy atom. The lowest BCUT2D eigenvalue weighted by molar-refractivity contribution is 0.102. The summed E-state index contributed by atoms with van der Waals surface area (Å²) in [5, 5.41) is 4.68. The molecule has 8 nitrogen and oxygen atoms in total. The largest absolute Gasteiger partial charge is 0.493 e. The number of hydrogen-bond acceptors (Lipinski definition) is 7. The Labute approximate surface area is 162 Å². The Kier molecular flexibility index (Phi) is 4.81. The van der Waals surface area contributed by atoms with E-state index >= 15 is 0 Å². The molecular weight excluding hydrogens is 382 g/mol. The van der Waals surface area contributed by atoms with Crippen LogP contribution in [0.5, 0.6) is 11.5 Å². The van der Waals surface area contributed by atoms with Crippen LogP contribution in [0, 0.1) is 0 Å². The third kappa shape index (κ3) is 3.74. The van der Waals surface area contributed by atoms with Gasteiger partial charge in [-0.15, -0.1) is 11.3 Å². The average molecular weight is 397 g/mol. The van der Waals surface area contributed by atoms with Crippen LogP contribution in [0.15, 0.2) is 56.5 Å². The third-order valence-electron chi connectivity index (χ3n) is 3.96. The van der Waals surface area contributed by atoms with Crippen molar-refractivity contribution in [2.24, 2.45) is 0 Å². The molecule has 0 atom stereocenters. The highest BCUT2D eigenvalue weighted by Crippen LogP contribution is 2.29. The van der Waals surface area contributed by atoms with Crippen molar-refractivity contribution in [3.63, 3.8) is 0 Å². The molecule has 0 unspecified atom stereocenters. The second-order valence-electron chi connectivity index (χ2n) is 5.81. The maximum Gasteiger partial charge on any atom is 0.417 e. The average Bonchev–Trinajstić information content (AvgIpc) is 3.34. The maximum atomic E-state index is 12.6. The first kappa shape index (κ1) is 17.8. The second-order valence-corrected chi connectivity index (χ2v) is 6.53. The molecule has 0 radical (unpaired) electrons. The molecule has 9 heteroatoms. The molecular formula is C19H15N3O5S. The lowest BCUT2D eigenvalue weighted by atomic mass is 10.1. The third-order valence-corrected chi connectivity index (χ3v) is 4.60. The number of benzene rings is 2. The quantitative estimate of drug-likeness (QED) is 0.516. The summed E-state index contributed by atoms with van der Waals surface area (Å²) in [6.07, 6.45) is 0.